The molecule has 114 valence electrons. The second-order valence-electron chi connectivity index (χ2n) is 5.27. The number of carbonyl (C=O) groups excluding carboxylic acids is 1. The van der Waals surface area contributed by atoms with Crippen LogP contribution >= 0.6 is 0 Å². The van der Waals surface area contributed by atoms with Gasteiger partial charge in [0, 0.05) is 49.6 Å². The molecule has 1 aromatic carbocycles. The monoisotopic (exact) mass is 298 g/mol. The van der Waals surface area contributed by atoms with E-state index in [4.69, 9.17) is 4.74 Å². The predicted molar refractivity (Wildman–Crippen MR) is 84.1 cm³/mol. The predicted octanol–water partition coefficient (Wildman–Crippen LogP) is 1.47. The Bertz CT molecular complexity index is 620. The number of benzene rings is 1. The van der Waals surface area contributed by atoms with Gasteiger partial charge in [0.15, 0.2) is 12.4 Å². The normalized spacial score (nSPS) is 14.8. The van der Waals surface area contributed by atoms with Crippen LogP contribution in [0.4, 0.5) is 5.69 Å². The fourth-order valence-corrected chi connectivity index (χ4v) is 2.67. The largest absolute Gasteiger partial charge is 0.497 e. The van der Waals surface area contributed by atoms with E-state index in [1.165, 1.54) is 5.69 Å². The Morgan fingerprint density at radius 1 is 1.00 bits per heavy atom. The number of amides is 1. The van der Waals surface area contributed by atoms with Gasteiger partial charge in [-0.1, -0.05) is 0 Å². The van der Waals surface area contributed by atoms with Crippen LogP contribution in [0.5, 0.6) is 5.75 Å². The Hall–Kier alpha value is -2.56. The molecule has 5 nitrogen and oxygen atoms in total. The number of piperazine rings is 1. The average Bonchev–Trinajstić information content (AvgIpc) is 2.62. The minimum absolute atomic E-state index is 0.0868. The van der Waals surface area contributed by atoms with Crippen molar-refractivity contribution < 1.29 is 14.5 Å². The highest BCUT2D eigenvalue weighted by atomic mass is 16.5. The minimum atomic E-state index is 0.0868. The van der Waals surface area contributed by atoms with E-state index in [1.54, 1.807) is 7.11 Å². The molecule has 1 aliphatic heterocycles. The number of aromatic nitrogens is 1. The number of hydrogen-bond donors (Lipinski definition) is 0. The molecule has 5 heteroatoms. The maximum Gasteiger partial charge on any atom is 0.253 e. The van der Waals surface area contributed by atoms with Crippen LogP contribution in [0.25, 0.3) is 0 Å². The third-order valence-corrected chi connectivity index (χ3v) is 3.97. The van der Waals surface area contributed by atoms with E-state index < -0.39 is 0 Å². The van der Waals surface area contributed by atoms with Crippen molar-refractivity contribution in [2.45, 2.75) is 0 Å². The van der Waals surface area contributed by atoms with Gasteiger partial charge < -0.3 is 14.5 Å². The molecule has 0 unspecified atom stereocenters. The highest BCUT2D eigenvalue weighted by molar-refractivity contribution is 5.94. The number of anilines is 1. The summed E-state index contributed by atoms with van der Waals surface area (Å²) in [6, 6.07) is 11.4. The van der Waals surface area contributed by atoms with Crippen LogP contribution in [-0.4, -0.2) is 44.1 Å². The number of methoxy groups -OCH3 is 1. The Balaban J connectivity index is 1.62. The summed E-state index contributed by atoms with van der Waals surface area (Å²) in [7, 11) is 1.62. The summed E-state index contributed by atoms with van der Waals surface area (Å²) in [6.45, 7) is 3.19. The minimum Gasteiger partial charge on any atom is -0.497 e. The van der Waals surface area contributed by atoms with Gasteiger partial charge in [0.05, 0.1) is 7.11 Å². The third-order valence-electron chi connectivity index (χ3n) is 3.97. The lowest BCUT2D eigenvalue weighted by molar-refractivity contribution is -0.377. The quantitative estimate of drug-likeness (QED) is 0.862. The van der Waals surface area contributed by atoms with E-state index in [1.807, 2.05) is 41.6 Å². The summed E-state index contributed by atoms with van der Waals surface area (Å²) in [5.41, 5.74) is 1.90. The molecule has 1 amide bonds. The topological polar surface area (TPSA) is 46.9 Å². The van der Waals surface area contributed by atoms with Crippen LogP contribution in [0.3, 0.4) is 0 Å². The number of H-pyrrole nitrogens is 1. The van der Waals surface area contributed by atoms with Crippen molar-refractivity contribution in [2.75, 3.05) is 38.2 Å². The van der Waals surface area contributed by atoms with Gasteiger partial charge in [-0.2, -0.15) is 0 Å². The first-order valence-corrected chi connectivity index (χ1v) is 7.42. The van der Waals surface area contributed by atoms with E-state index in [9.17, 15) is 4.79 Å². The standard InChI is InChI=1S/C17H19N3O2/c1-22-16-4-2-14(3-5-16)17(21)20-12-10-19(11-13-20)15-6-8-18-9-7-15/h2-9H,10-13H2,1H3/p+1. The third kappa shape index (κ3) is 3.03. The van der Waals surface area contributed by atoms with Crippen molar-refractivity contribution in [3.8, 4) is 5.75 Å². The number of hydrogen-bond acceptors (Lipinski definition) is 3. The number of nitrogens with one attached hydrogen (secondary N) is 1. The molecular weight excluding hydrogens is 278 g/mol. The zero-order valence-electron chi connectivity index (χ0n) is 12.7. The van der Waals surface area contributed by atoms with Gasteiger partial charge in [-0.15, -0.1) is 0 Å². The number of aromatic amines is 1. The van der Waals surface area contributed by atoms with Crippen LogP contribution < -0.4 is 14.6 Å². The molecule has 2 heterocycles. The summed E-state index contributed by atoms with van der Waals surface area (Å²) < 4.78 is 5.12. The van der Waals surface area contributed by atoms with Crippen LogP contribution in [0.2, 0.25) is 0 Å². The Labute approximate surface area is 130 Å². The number of ether oxygens (including phenoxy) is 1. The van der Waals surface area contributed by atoms with Crippen LogP contribution in [0, 0.1) is 0 Å². The first-order valence-electron chi connectivity index (χ1n) is 7.42. The average molecular weight is 298 g/mol. The van der Waals surface area contributed by atoms with Crippen LogP contribution in [-0.2, 0) is 0 Å². The summed E-state index contributed by atoms with van der Waals surface area (Å²) >= 11 is 0. The van der Waals surface area contributed by atoms with Crippen molar-refractivity contribution in [3.63, 3.8) is 0 Å². The molecule has 2 aromatic rings. The fraction of sp³-hybridized carbons (Fsp3) is 0.294. The van der Waals surface area contributed by atoms with E-state index >= 15 is 0 Å². The number of rotatable bonds is 3. The van der Waals surface area contributed by atoms with Gasteiger partial charge in [-0.05, 0) is 24.3 Å². The van der Waals surface area contributed by atoms with Gasteiger partial charge >= 0.3 is 0 Å². The molecule has 0 aliphatic carbocycles. The molecule has 0 saturated carbocycles. The lowest BCUT2D eigenvalue weighted by atomic mass is 10.1. The number of nitrogens with zero attached hydrogens (tertiary/aromatic N) is 2. The molecule has 0 bridgehead atoms. The smallest absolute Gasteiger partial charge is 0.253 e. The summed E-state index contributed by atoms with van der Waals surface area (Å²) in [6.07, 6.45) is 3.84. The number of carbonyl (C=O) groups is 1. The Morgan fingerprint density at radius 2 is 1.64 bits per heavy atom. The molecule has 1 N–H and O–H groups in total. The molecule has 0 atom stereocenters. The first kappa shape index (κ1) is 14.4. The van der Waals surface area contributed by atoms with Gasteiger partial charge in [0.25, 0.3) is 5.91 Å². The molecular formula is C17H20N3O2+. The van der Waals surface area contributed by atoms with E-state index in [2.05, 4.69) is 22.0 Å². The highest BCUT2D eigenvalue weighted by Crippen LogP contribution is 2.17. The SMILES string of the molecule is COc1ccc(C(=O)N2CCN(c3cc[nH+]cc3)CC2)cc1. The molecule has 1 aromatic heterocycles. The van der Waals surface area contributed by atoms with E-state index in [0.717, 1.165) is 31.9 Å². The van der Waals surface area contributed by atoms with Gasteiger partial charge in [0.1, 0.15) is 5.75 Å². The second kappa shape index (κ2) is 6.47. The molecule has 1 fully saturated rings. The maximum atomic E-state index is 12.5. The van der Waals surface area contributed by atoms with Crippen LogP contribution in [0.1, 0.15) is 10.4 Å². The zero-order chi connectivity index (χ0) is 15.4. The molecule has 22 heavy (non-hydrogen) atoms. The summed E-state index contributed by atoms with van der Waals surface area (Å²) in [4.78, 5) is 19.7. The highest BCUT2D eigenvalue weighted by Gasteiger charge is 2.22. The second-order valence-corrected chi connectivity index (χ2v) is 5.27. The fourth-order valence-electron chi connectivity index (χ4n) is 2.67. The molecule has 0 radical (unpaired) electrons. The zero-order valence-corrected chi connectivity index (χ0v) is 12.7. The molecule has 1 saturated heterocycles. The first-order chi connectivity index (χ1) is 10.8. The molecule has 3 rings (SSSR count). The van der Waals surface area contributed by atoms with E-state index in [0.29, 0.717) is 5.56 Å². The lowest BCUT2D eigenvalue weighted by Crippen LogP contribution is -2.48. The summed E-state index contributed by atoms with van der Waals surface area (Å²) in [5, 5.41) is 0. The lowest BCUT2D eigenvalue weighted by Gasteiger charge is -2.35. The van der Waals surface area contributed by atoms with Gasteiger partial charge in [-0.3, -0.25) is 4.79 Å². The van der Waals surface area contributed by atoms with Gasteiger partial charge in [-0.25, -0.2) is 4.98 Å². The maximum absolute atomic E-state index is 12.5. The molecule has 0 spiro atoms. The Kier molecular flexibility index (Phi) is 4.23. The van der Waals surface area contributed by atoms with E-state index in [-0.39, 0.29) is 5.91 Å². The van der Waals surface area contributed by atoms with Crippen molar-refractivity contribution in [1.29, 1.82) is 0 Å². The van der Waals surface area contributed by atoms with Crippen molar-refractivity contribution in [3.05, 3.63) is 54.4 Å². The van der Waals surface area contributed by atoms with Gasteiger partial charge in [0.2, 0.25) is 0 Å². The van der Waals surface area contributed by atoms with Crippen molar-refractivity contribution in [2.24, 2.45) is 0 Å². The van der Waals surface area contributed by atoms with Crippen molar-refractivity contribution >= 4 is 11.6 Å². The number of pyridine rings is 1. The summed E-state index contributed by atoms with van der Waals surface area (Å²) in [5.74, 6) is 0.853. The Morgan fingerprint density at radius 3 is 2.23 bits per heavy atom. The van der Waals surface area contributed by atoms with Crippen LogP contribution in [0.15, 0.2) is 48.8 Å². The molecule has 1 aliphatic rings. The van der Waals surface area contributed by atoms with Crippen molar-refractivity contribution in [1.82, 2.24) is 4.90 Å².